The van der Waals surface area contributed by atoms with E-state index in [9.17, 15) is 4.79 Å². The van der Waals surface area contributed by atoms with Crippen molar-refractivity contribution in [2.24, 2.45) is 5.92 Å². The molecule has 0 saturated carbocycles. The Bertz CT molecular complexity index is 319. The van der Waals surface area contributed by atoms with E-state index in [0.29, 0.717) is 5.02 Å². The van der Waals surface area contributed by atoms with Gasteiger partial charge in [-0.1, -0.05) is 37.6 Å². The lowest BCUT2D eigenvalue weighted by molar-refractivity contribution is -0.112. The van der Waals surface area contributed by atoms with Gasteiger partial charge in [0, 0.05) is 5.02 Å². The molecule has 0 amide bonds. The molecule has 0 aromatic heterocycles. The predicted octanol–water partition coefficient (Wildman–Crippen LogP) is 3.54. The number of carbonyl (C=O) groups excluding carboxylic acids is 1. The number of hydrogen-bond acceptors (Lipinski definition) is 1. The molecule has 76 valence electrons. The minimum Gasteiger partial charge on any atom is -0.287 e. The molecule has 0 bridgehead atoms. The molecule has 0 aliphatic rings. The fourth-order valence-electron chi connectivity index (χ4n) is 1.48. The number of rotatable bonds is 3. The molecule has 14 heavy (non-hydrogen) atoms. The lowest BCUT2D eigenvalue weighted by atomic mass is 9.90. The smallest absolute Gasteiger partial charge is 0.193 e. The molecule has 1 aromatic carbocycles. The molecule has 0 N–H and O–H groups in total. The van der Waals surface area contributed by atoms with Crippen molar-refractivity contribution in [2.75, 3.05) is 0 Å². The van der Waals surface area contributed by atoms with Crippen LogP contribution >= 0.6 is 24.2 Å². The van der Waals surface area contributed by atoms with Gasteiger partial charge in [-0.25, -0.2) is 0 Å². The monoisotopic (exact) mass is 228 g/mol. The van der Waals surface area contributed by atoms with Crippen molar-refractivity contribution < 1.29 is 4.79 Å². The van der Waals surface area contributed by atoms with Gasteiger partial charge in [0.2, 0.25) is 0 Å². The first-order valence-electron chi connectivity index (χ1n) is 4.50. The Morgan fingerprint density at radius 3 is 2.14 bits per heavy atom. The lowest BCUT2D eigenvalue weighted by Crippen LogP contribution is -2.13. The van der Waals surface area contributed by atoms with E-state index < -0.39 is 0 Å². The first-order chi connectivity index (χ1) is 6.52. The fourth-order valence-corrected chi connectivity index (χ4v) is 2.06. The summed E-state index contributed by atoms with van der Waals surface area (Å²) in [6.45, 7) is 4.01. The Morgan fingerprint density at radius 2 is 1.79 bits per heavy atom. The van der Waals surface area contributed by atoms with Gasteiger partial charge in [0.15, 0.2) is 5.12 Å². The molecule has 1 rings (SSSR count). The molecule has 0 heterocycles. The Morgan fingerprint density at radius 1 is 1.29 bits per heavy atom. The van der Waals surface area contributed by atoms with Crippen LogP contribution in [0.4, 0.5) is 0 Å². The van der Waals surface area contributed by atoms with Gasteiger partial charge in [-0.3, -0.25) is 4.79 Å². The SMILES string of the molecule is CC(C)C(C(=O)S)c1ccc(Cl)cc1. The van der Waals surface area contributed by atoms with Crippen molar-refractivity contribution in [2.45, 2.75) is 19.8 Å². The highest BCUT2D eigenvalue weighted by Crippen LogP contribution is 2.27. The van der Waals surface area contributed by atoms with Gasteiger partial charge in [0.1, 0.15) is 0 Å². The zero-order chi connectivity index (χ0) is 10.7. The number of benzene rings is 1. The van der Waals surface area contributed by atoms with Crippen molar-refractivity contribution >= 4 is 29.3 Å². The molecule has 1 nitrogen and oxygen atoms in total. The highest BCUT2D eigenvalue weighted by atomic mass is 35.5. The summed E-state index contributed by atoms with van der Waals surface area (Å²) in [6, 6.07) is 7.34. The second-order valence-corrected chi connectivity index (χ2v) is 4.49. The van der Waals surface area contributed by atoms with E-state index in [2.05, 4.69) is 12.6 Å². The highest BCUT2D eigenvalue weighted by Gasteiger charge is 2.20. The van der Waals surface area contributed by atoms with Crippen LogP contribution in [0, 0.1) is 5.92 Å². The van der Waals surface area contributed by atoms with Crippen LogP contribution in [0.3, 0.4) is 0 Å². The molecule has 1 aromatic rings. The van der Waals surface area contributed by atoms with Crippen LogP contribution in [0.25, 0.3) is 0 Å². The summed E-state index contributed by atoms with van der Waals surface area (Å²) >= 11 is 9.67. The van der Waals surface area contributed by atoms with Gasteiger partial charge in [-0.15, -0.1) is 12.6 Å². The normalized spacial score (nSPS) is 12.9. The Hall–Kier alpha value is -0.470. The maximum atomic E-state index is 11.3. The van der Waals surface area contributed by atoms with E-state index in [0.717, 1.165) is 5.56 Å². The topological polar surface area (TPSA) is 17.1 Å². The largest absolute Gasteiger partial charge is 0.287 e. The third-order valence-corrected chi connectivity index (χ3v) is 2.69. The van der Waals surface area contributed by atoms with E-state index in [1.807, 2.05) is 26.0 Å². The summed E-state index contributed by atoms with van der Waals surface area (Å²) in [5, 5.41) is 0.588. The van der Waals surface area contributed by atoms with Crippen molar-refractivity contribution in [3.8, 4) is 0 Å². The van der Waals surface area contributed by atoms with Crippen LogP contribution in [0.1, 0.15) is 25.3 Å². The zero-order valence-electron chi connectivity index (χ0n) is 8.20. The second kappa shape index (κ2) is 4.85. The quantitative estimate of drug-likeness (QED) is 0.784. The summed E-state index contributed by atoms with van der Waals surface area (Å²) in [7, 11) is 0. The number of thiol groups is 1. The van der Waals surface area contributed by atoms with E-state index in [-0.39, 0.29) is 17.0 Å². The van der Waals surface area contributed by atoms with E-state index in [1.54, 1.807) is 12.1 Å². The third kappa shape index (κ3) is 2.76. The Labute approximate surface area is 94.9 Å². The van der Waals surface area contributed by atoms with Crippen molar-refractivity contribution in [1.82, 2.24) is 0 Å². The summed E-state index contributed by atoms with van der Waals surface area (Å²) in [4.78, 5) is 11.3. The first kappa shape index (κ1) is 11.6. The molecular weight excluding hydrogens is 216 g/mol. The summed E-state index contributed by atoms with van der Waals surface area (Å²) in [5.41, 5.74) is 0.976. The van der Waals surface area contributed by atoms with Crippen molar-refractivity contribution in [3.05, 3.63) is 34.9 Å². The third-order valence-electron chi connectivity index (χ3n) is 2.16. The van der Waals surface area contributed by atoms with Crippen LogP contribution in [-0.4, -0.2) is 5.12 Å². The maximum absolute atomic E-state index is 11.3. The zero-order valence-corrected chi connectivity index (χ0v) is 9.85. The molecule has 0 aliphatic heterocycles. The molecule has 3 heteroatoms. The molecule has 0 spiro atoms. The number of carbonyl (C=O) groups is 1. The Kier molecular flexibility index (Phi) is 4.02. The van der Waals surface area contributed by atoms with E-state index >= 15 is 0 Å². The van der Waals surface area contributed by atoms with Crippen LogP contribution in [-0.2, 0) is 4.79 Å². The average molecular weight is 229 g/mol. The van der Waals surface area contributed by atoms with Gasteiger partial charge in [0.25, 0.3) is 0 Å². The van der Waals surface area contributed by atoms with E-state index in [1.165, 1.54) is 0 Å². The van der Waals surface area contributed by atoms with Crippen LogP contribution in [0.5, 0.6) is 0 Å². The predicted molar refractivity (Wildman–Crippen MR) is 63.0 cm³/mol. The minimum atomic E-state index is -0.143. The van der Waals surface area contributed by atoms with Gasteiger partial charge >= 0.3 is 0 Å². The van der Waals surface area contributed by atoms with Gasteiger partial charge < -0.3 is 0 Å². The molecule has 1 unspecified atom stereocenters. The average Bonchev–Trinajstić information content (AvgIpc) is 2.07. The van der Waals surface area contributed by atoms with Gasteiger partial charge in [-0.2, -0.15) is 0 Å². The molecular formula is C11H13ClOS. The molecule has 1 atom stereocenters. The standard InChI is InChI=1S/C11H13ClOS/c1-7(2)10(11(13)14)8-3-5-9(12)6-4-8/h3-7,10H,1-2H3,(H,13,14). The maximum Gasteiger partial charge on any atom is 0.193 e. The number of halogens is 1. The number of hydrogen-bond donors (Lipinski definition) is 1. The van der Waals surface area contributed by atoms with E-state index in [4.69, 9.17) is 11.6 Å². The summed E-state index contributed by atoms with van der Waals surface area (Å²) in [5.74, 6) is 0.108. The van der Waals surface area contributed by atoms with Crippen LogP contribution in [0.2, 0.25) is 5.02 Å². The fraction of sp³-hybridized carbons (Fsp3) is 0.364. The molecule has 0 aliphatic carbocycles. The molecule has 0 saturated heterocycles. The minimum absolute atomic E-state index is 0.0951. The van der Waals surface area contributed by atoms with Crippen molar-refractivity contribution in [3.63, 3.8) is 0 Å². The van der Waals surface area contributed by atoms with Crippen LogP contribution < -0.4 is 0 Å². The summed E-state index contributed by atoms with van der Waals surface area (Å²) in [6.07, 6.45) is 0. The van der Waals surface area contributed by atoms with Crippen molar-refractivity contribution in [1.29, 1.82) is 0 Å². The first-order valence-corrected chi connectivity index (χ1v) is 5.33. The summed E-state index contributed by atoms with van der Waals surface area (Å²) < 4.78 is 0. The molecule has 0 radical (unpaired) electrons. The molecule has 0 fully saturated rings. The van der Waals surface area contributed by atoms with Gasteiger partial charge in [0.05, 0.1) is 5.92 Å². The van der Waals surface area contributed by atoms with Gasteiger partial charge in [-0.05, 0) is 23.6 Å². The highest BCUT2D eigenvalue weighted by molar-refractivity contribution is 7.96. The lowest BCUT2D eigenvalue weighted by Gasteiger charge is -2.17. The Balaban J connectivity index is 3.00. The van der Waals surface area contributed by atoms with Crippen LogP contribution in [0.15, 0.2) is 24.3 Å². The second-order valence-electron chi connectivity index (χ2n) is 3.61.